The Morgan fingerprint density at radius 2 is 2.22 bits per heavy atom. The van der Waals surface area contributed by atoms with Gasteiger partial charge in [-0.2, -0.15) is 0 Å². The summed E-state index contributed by atoms with van der Waals surface area (Å²) in [5, 5.41) is 10.9. The van der Waals surface area contributed by atoms with Crippen LogP contribution in [0.1, 0.15) is 10.4 Å². The summed E-state index contributed by atoms with van der Waals surface area (Å²) in [6.45, 7) is 3.33. The van der Waals surface area contributed by atoms with E-state index in [1.165, 1.54) is 12.1 Å². The van der Waals surface area contributed by atoms with Crippen LogP contribution in [-0.2, 0) is 4.74 Å². The maximum absolute atomic E-state index is 13.6. The summed E-state index contributed by atoms with van der Waals surface area (Å²) in [5.74, 6) is -1.92. The molecule has 0 atom stereocenters. The summed E-state index contributed by atoms with van der Waals surface area (Å²) in [7, 11) is 0. The first-order valence-corrected chi connectivity index (χ1v) is 5.80. The SMILES string of the molecule is C=CCOC(=O)Nc1cc(C(=O)O)cc(I)c1F. The van der Waals surface area contributed by atoms with Crippen molar-refractivity contribution < 1.29 is 23.8 Å². The maximum Gasteiger partial charge on any atom is 0.412 e. The monoisotopic (exact) mass is 365 g/mol. The molecule has 0 unspecified atom stereocenters. The fraction of sp³-hybridized carbons (Fsp3) is 0.0909. The third kappa shape index (κ3) is 3.69. The van der Waals surface area contributed by atoms with Crippen LogP contribution in [0, 0.1) is 9.39 Å². The second kappa shape index (κ2) is 6.34. The molecule has 0 aliphatic heterocycles. The van der Waals surface area contributed by atoms with Gasteiger partial charge in [0.25, 0.3) is 0 Å². The largest absolute Gasteiger partial charge is 0.478 e. The lowest BCUT2D eigenvalue weighted by atomic mass is 10.2. The van der Waals surface area contributed by atoms with Gasteiger partial charge in [0.1, 0.15) is 6.61 Å². The number of hydrogen-bond donors (Lipinski definition) is 2. The minimum absolute atomic E-state index is 0.0246. The molecule has 5 nitrogen and oxygen atoms in total. The lowest BCUT2D eigenvalue weighted by Crippen LogP contribution is -2.15. The third-order valence-corrected chi connectivity index (χ3v) is 2.63. The van der Waals surface area contributed by atoms with Crippen molar-refractivity contribution in [3.8, 4) is 0 Å². The number of hydrogen-bond acceptors (Lipinski definition) is 3. The Labute approximate surface area is 116 Å². The van der Waals surface area contributed by atoms with Gasteiger partial charge in [-0.1, -0.05) is 12.7 Å². The number of carboxylic acids is 1. The molecule has 0 aliphatic rings. The molecule has 0 bridgehead atoms. The number of rotatable bonds is 4. The van der Waals surface area contributed by atoms with E-state index in [1.54, 1.807) is 22.6 Å². The maximum atomic E-state index is 13.6. The van der Waals surface area contributed by atoms with Crippen LogP contribution >= 0.6 is 22.6 Å². The van der Waals surface area contributed by atoms with E-state index in [-0.39, 0.29) is 21.4 Å². The summed E-state index contributed by atoms with van der Waals surface area (Å²) >= 11 is 1.64. The summed E-state index contributed by atoms with van der Waals surface area (Å²) in [6.07, 6.45) is 0.472. The van der Waals surface area contributed by atoms with Crippen LogP contribution in [0.25, 0.3) is 0 Å². The average molecular weight is 365 g/mol. The summed E-state index contributed by atoms with van der Waals surface area (Å²) in [5.41, 5.74) is -0.367. The zero-order valence-electron chi connectivity index (χ0n) is 9.07. The van der Waals surface area contributed by atoms with E-state index in [1.807, 2.05) is 0 Å². The van der Waals surface area contributed by atoms with Gasteiger partial charge in [0.2, 0.25) is 0 Å². The topological polar surface area (TPSA) is 75.6 Å². The van der Waals surface area contributed by atoms with Gasteiger partial charge >= 0.3 is 12.1 Å². The van der Waals surface area contributed by atoms with E-state index in [2.05, 4.69) is 16.6 Å². The van der Waals surface area contributed by atoms with Gasteiger partial charge in [-0.3, -0.25) is 5.32 Å². The summed E-state index contributed by atoms with van der Waals surface area (Å²) in [4.78, 5) is 22.0. The van der Waals surface area contributed by atoms with Crippen molar-refractivity contribution in [3.05, 3.63) is 39.7 Å². The van der Waals surface area contributed by atoms with E-state index < -0.39 is 17.9 Å². The molecule has 1 rings (SSSR count). The van der Waals surface area contributed by atoms with Crippen LogP contribution in [-0.4, -0.2) is 23.8 Å². The highest BCUT2D eigenvalue weighted by Gasteiger charge is 2.15. The minimum Gasteiger partial charge on any atom is -0.478 e. The molecule has 0 heterocycles. The van der Waals surface area contributed by atoms with Gasteiger partial charge in [-0.15, -0.1) is 0 Å². The van der Waals surface area contributed by atoms with Crippen molar-refractivity contribution >= 4 is 40.3 Å². The predicted octanol–water partition coefficient (Wildman–Crippen LogP) is 2.86. The van der Waals surface area contributed by atoms with Crippen molar-refractivity contribution in [3.63, 3.8) is 0 Å². The van der Waals surface area contributed by atoms with Crippen LogP contribution in [0.3, 0.4) is 0 Å². The Kier molecular flexibility index (Phi) is 5.08. The van der Waals surface area contributed by atoms with Crippen LogP contribution in [0.2, 0.25) is 0 Å². The first-order chi connectivity index (χ1) is 8.45. The Balaban J connectivity index is 2.97. The zero-order chi connectivity index (χ0) is 13.7. The van der Waals surface area contributed by atoms with E-state index in [0.717, 1.165) is 6.07 Å². The van der Waals surface area contributed by atoms with E-state index >= 15 is 0 Å². The Hall–Kier alpha value is -1.64. The third-order valence-electron chi connectivity index (χ3n) is 1.84. The summed E-state index contributed by atoms with van der Waals surface area (Å²) < 4.78 is 18.3. The molecule has 0 saturated heterocycles. The molecule has 0 saturated carbocycles. The number of ether oxygens (including phenoxy) is 1. The molecule has 2 N–H and O–H groups in total. The Morgan fingerprint density at radius 3 is 2.78 bits per heavy atom. The predicted molar refractivity (Wildman–Crippen MR) is 71.2 cm³/mol. The molecule has 1 aromatic carbocycles. The molecule has 1 aromatic rings. The van der Waals surface area contributed by atoms with Crippen molar-refractivity contribution in [2.24, 2.45) is 0 Å². The molecule has 1 amide bonds. The molecule has 7 heteroatoms. The van der Waals surface area contributed by atoms with E-state index in [0.29, 0.717) is 0 Å². The molecular formula is C11H9FINO4. The van der Waals surface area contributed by atoms with Crippen LogP contribution in [0.5, 0.6) is 0 Å². The van der Waals surface area contributed by atoms with Crippen LogP contribution in [0.15, 0.2) is 24.8 Å². The van der Waals surface area contributed by atoms with Crippen molar-refractivity contribution in [2.45, 2.75) is 0 Å². The number of nitrogens with one attached hydrogen (secondary N) is 1. The van der Waals surface area contributed by atoms with Crippen LogP contribution in [0.4, 0.5) is 14.9 Å². The zero-order valence-corrected chi connectivity index (χ0v) is 11.2. The number of aromatic carboxylic acids is 1. The molecule has 0 radical (unpaired) electrons. The standard InChI is InChI=1S/C11H9FINO4/c1-2-3-18-11(17)14-8-5-6(10(15)16)4-7(13)9(8)12/h2,4-5H,1,3H2,(H,14,17)(H,15,16). The second-order valence-electron chi connectivity index (χ2n) is 3.14. The van der Waals surface area contributed by atoms with Crippen molar-refractivity contribution in [1.29, 1.82) is 0 Å². The smallest absolute Gasteiger partial charge is 0.412 e. The number of carbonyl (C=O) groups is 2. The lowest BCUT2D eigenvalue weighted by molar-refractivity contribution is 0.0696. The first-order valence-electron chi connectivity index (χ1n) is 4.72. The number of anilines is 1. The average Bonchev–Trinajstić information content (AvgIpc) is 2.31. The first kappa shape index (κ1) is 14.4. The van der Waals surface area contributed by atoms with E-state index in [4.69, 9.17) is 5.11 Å². The Bertz CT molecular complexity index is 504. The lowest BCUT2D eigenvalue weighted by Gasteiger charge is -2.08. The molecule has 0 aliphatic carbocycles. The van der Waals surface area contributed by atoms with Gasteiger partial charge in [0, 0.05) is 0 Å². The van der Waals surface area contributed by atoms with Gasteiger partial charge in [-0.05, 0) is 34.7 Å². The molecule has 0 spiro atoms. The highest BCUT2D eigenvalue weighted by atomic mass is 127. The Morgan fingerprint density at radius 1 is 1.56 bits per heavy atom. The number of carboxylic acid groups (broad SMARTS) is 1. The van der Waals surface area contributed by atoms with Gasteiger partial charge in [-0.25, -0.2) is 14.0 Å². The fourth-order valence-electron chi connectivity index (χ4n) is 1.08. The normalized spacial score (nSPS) is 9.67. The number of amides is 1. The van der Waals surface area contributed by atoms with Crippen molar-refractivity contribution in [2.75, 3.05) is 11.9 Å². The van der Waals surface area contributed by atoms with Crippen LogP contribution < -0.4 is 5.32 Å². The molecule has 0 aromatic heterocycles. The number of carbonyl (C=O) groups excluding carboxylic acids is 1. The van der Waals surface area contributed by atoms with Gasteiger partial charge in [0.15, 0.2) is 5.82 Å². The molecule has 0 fully saturated rings. The highest BCUT2D eigenvalue weighted by molar-refractivity contribution is 14.1. The highest BCUT2D eigenvalue weighted by Crippen LogP contribution is 2.22. The van der Waals surface area contributed by atoms with E-state index in [9.17, 15) is 14.0 Å². The molecule has 96 valence electrons. The van der Waals surface area contributed by atoms with Gasteiger partial charge in [0.05, 0.1) is 14.8 Å². The second-order valence-corrected chi connectivity index (χ2v) is 4.30. The fourth-order valence-corrected chi connectivity index (χ4v) is 1.71. The quantitative estimate of drug-likeness (QED) is 0.636. The van der Waals surface area contributed by atoms with Crippen molar-refractivity contribution in [1.82, 2.24) is 0 Å². The summed E-state index contributed by atoms with van der Waals surface area (Å²) in [6, 6.07) is 2.19. The number of halogens is 2. The van der Waals surface area contributed by atoms with Gasteiger partial charge < -0.3 is 9.84 Å². The minimum atomic E-state index is -1.21. The molecule has 18 heavy (non-hydrogen) atoms. The number of benzene rings is 1. The molecular weight excluding hydrogens is 356 g/mol.